The molecule has 0 atom stereocenters. The zero-order valence-electron chi connectivity index (χ0n) is 12.1. The summed E-state index contributed by atoms with van der Waals surface area (Å²) in [5.74, 6) is -1.24. The van der Waals surface area contributed by atoms with Gasteiger partial charge in [-0.25, -0.2) is 9.78 Å². The number of carbonyl (C=O) groups excluding carboxylic acids is 1. The van der Waals surface area contributed by atoms with E-state index in [1.807, 2.05) is 6.92 Å². The summed E-state index contributed by atoms with van der Waals surface area (Å²) in [5.41, 5.74) is 1.26. The van der Waals surface area contributed by atoms with Gasteiger partial charge in [-0.3, -0.25) is 4.79 Å². The number of aryl methyl sites for hydroxylation is 2. The van der Waals surface area contributed by atoms with Gasteiger partial charge in [0, 0.05) is 23.7 Å². The molecule has 0 aliphatic heterocycles. The molecule has 0 spiro atoms. The number of hydrogen-bond acceptors (Lipinski definition) is 4. The van der Waals surface area contributed by atoms with Crippen LogP contribution < -0.4 is 0 Å². The monoisotopic (exact) mass is 304 g/mol. The standard InChI is InChI=1S/C15H16N2O3S/c1-9-4-11(6-12(5-9)15(19)20)14(18)17(3)8-13-7-16-10(2)21-13/h4-7H,8H2,1-3H3,(H,19,20). The maximum Gasteiger partial charge on any atom is 0.335 e. The summed E-state index contributed by atoms with van der Waals surface area (Å²) < 4.78 is 0. The van der Waals surface area contributed by atoms with Gasteiger partial charge in [0.1, 0.15) is 0 Å². The van der Waals surface area contributed by atoms with Crippen LogP contribution in [-0.2, 0) is 6.54 Å². The molecular weight excluding hydrogens is 288 g/mol. The molecule has 2 rings (SSSR count). The van der Waals surface area contributed by atoms with Crippen LogP contribution in [0.5, 0.6) is 0 Å². The van der Waals surface area contributed by atoms with E-state index in [2.05, 4.69) is 4.98 Å². The van der Waals surface area contributed by atoms with Crippen LogP contribution in [0.15, 0.2) is 24.4 Å². The van der Waals surface area contributed by atoms with Crippen LogP contribution in [0.1, 0.15) is 36.2 Å². The van der Waals surface area contributed by atoms with Crippen LogP contribution >= 0.6 is 11.3 Å². The molecule has 110 valence electrons. The van der Waals surface area contributed by atoms with E-state index in [-0.39, 0.29) is 11.5 Å². The molecule has 0 radical (unpaired) electrons. The Morgan fingerprint density at radius 3 is 2.48 bits per heavy atom. The Balaban J connectivity index is 2.20. The first-order valence-electron chi connectivity index (χ1n) is 6.38. The van der Waals surface area contributed by atoms with Gasteiger partial charge in [-0.1, -0.05) is 0 Å². The number of benzene rings is 1. The maximum absolute atomic E-state index is 12.4. The molecule has 0 aliphatic rings. The van der Waals surface area contributed by atoms with Crippen molar-refractivity contribution in [2.24, 2.45) is 0 Å². The Morgan fingerprint density at radius 1 is 1.24 bits per heavy atom. The van der Waals surface area contributed by atoms with Gasteiger partial charge >= 0.3 is 5.97 Å². The summed E-state index contributed by atoms with van der Waals surface area (Å²) in [6.45, 7) is 4.14. The fourth-order valence-corrected chi connectivity index (χ4v) is 2.88. The highest BCUT2D eigenvalue weighted by Crippen LogP contribution is 2.16. The van der Waals surface area contributed by atoms with Gasteiger partial charge in [0.25, 0.3) is 5.91 Å². The molecule has 6 heteroatoms. The lowest BCUT2D eigenvalue weighted by molar-refractivity contribution is 0.0696. The van der Waals surface area contributed by atoms with Gasteiger partial charge in [-0.15, -0.1) is 11.3 Å². The van der Waals surface area contributed by atoms with Crippen molar-refractivity contribution < 1.29 is 14.7 Å². The number of amides is 1. The highest BCUT2D eigenvalue weighted by atomic mass is 32.1. The van der Waals surface area contributed by atoms with Crippen LogP contribution in [-0.4, -0.2) is 33.9 Å². The zero-order valence-corrected chi connectivity index (χ0v) is 12.9. The second-order valence-electron chi connectivity index (χ2n) is 4.90. The smallest absolute Gasteiger partial charge is 0.335 e. The molecule has 1 heterocycles. The van der Waals surface area contributed by atoms with Gasteiger partial charge in [-0.2, -0.15) is 0 Å². The van der Waals surface area contributed by atoms with Gasteiger partial charge in [0.15, 0.2) is 0 Å². The third-order valence-corrected chi connectivity index (χ3v) is 3.88. The number of hydrogen-bond donors (Lipinski definition) is 1. The predicted molar refractivity (Wildman–Crippen MR) is 80.8 cm³/mol. The summed E-state index contributed by atoms with van der Waals surface area (Å²) in [4.78, 5) is 30.2. The molecule has 0 saturated carbocycles. The quantitative estimate of drug-likeness (QED) is 0.943. The van der Waals surface area contributed by atoms with E-state index >= 15 is 0 Å². The summed E-state index contributed by atoms with van der Waals surface area (Å²) in [6, 6.07) is 4.65. The third-order valence-electron chi connectivity index (χ3n) is 2.98. The van der Waals surface area contributed by atoms with Crippen molar-refractivity contribution in [3.63, 3.8) is 0 Å². The second-order valence-corrected chi connectivity index (χ2v) is 6.22. The van der Waals surface area contributed by atoms with Gasteiger partial charge in [0.2, 0.25) is 0 Å². The first-order chi connectivity index (χ1) is 9.86. The van der Waals surface area contributed by atoms with Crippen LogP contribution in [0.2, 0.25) is 0 Å². The lowest BCUT2D eigenvalue weighted by atomic mass is 10.1. The molecule has 0 fully saturated rings. The average molecular weight is 304 g/mol. The Bertz CT molecular complexity index is 694. The predicted octanol–water partition coefficient (Wildman–Crippen LogP) is 2.73. The summed E-state index contributed by atoms with van der Waals surface area (Å²) in [6.07, 6.45) is 1.75. The van der Waals surface area contributed by atoms with Crippen molar-refractivity contribution in [2.75, 3.05) is 7.05 Å². The first-order valence-corrected chi connectivity index (χ1v) is 7.20. The minimum atomic E-state index is -1.03. The highest BCUT2D eigenvalue weighted by molar-refractivity contribution is 7.11. The summed E-state index contributed by atoms with van der Waals surface area (Å²) >= 11 is 1.54. The molecule has 1 N–H and O–H groups in total. The molecule has 0 bridgehead atoms. The lowest BCUT2D eigenvalue weighted by Crippen LogP contribution is -2.26. The molecule has 5 nitrogen and oxygen atoms in total. The highest BCUT2D eigenvalue weighted by Gasteiger charge is 2.16. The normalized spacial score (nSPS) is 10.4. The van der Waals surface area contributed by atoms with Crippen molar-refractivity contribution in [1.29, 1.82) is 0 Å². The van der Waals surface area contributed by atoms with Crippen molar-refractivity contribution in [3.05, 3.63) is 51.0 Å². The Labute approximate surface area is 126 Å². The number of thiazole rings is 1. The number of carbonyl (C=O) groups is 2. The van der Waals surface area contributed by atoms with Crippen molar-refractivity contribution in [1.82, 2.24) is 9.88 Å². The van der Waals surface area contributed by atoms with Gasteiger partial charge in [-0.05, 0) is 37.6 Å². The number of aromatic carboxylic acids is 1. The molecule has 21 heavy (non-hydrogen) atoms. The van der Waals surface area contributed by atoms with E-state index in [1.54, 1.807) is 48.5 Å². The van der Waals surface area contributed by atoms with Crippen LogP contribution in [0.4, 0.5) is 0 Å². The average Bonchev–Trinajstić information content (AvgIpc) is 2.82. The first kappa shape index (κ1) is 15.2. The Morgan fingerprint density at radius 2 is 1.90 bits per heavy atom. The number of carboxylic acids is 1. The SMILES string of the molecule is Cc1cc(C(=O)O)cc(C(=O)N(C)Cc2cnc(C)s2)c1. The fraction of sp³-hybridized carbons (Fsp3) is 0.267. The topological polar surface area (TPSA) is 70.5 Å². The molecule has 1 aromatic carbocycles. The van der Waals surface area contributed by atoms with Crippen molar-refractivity contribution >= 4 is 23.2 Å². The second kappa shape index (κ2) is 6.05. The molecular formula is C15H16N2O3S. The van der Waals surface area contributed by atoms with Crippen LogP contribution in [0.3, 0.4) is 0 Å². The van der Waals surface area contributed by atoms with E-state index in [1.165, 1.54) is 6.07 Å². The van der Waals surface area contributed by atoms with E-state index in [0.29, 0.717) is 12.1 Å². The zero-order chi connectivity index (χ0) is 15.6. The minimum absolute atomic E-state index is 0.125. The Kier molecular flexibility index (Phi) is 4.37. The largest absolute Gasteiger partial charge is 0.478 e. The number of nitrogens with zero attached hydrogens (tertiary/aromatic N) is 2. The third kappa shape index (κ3) is 3.66. The fourth-order valence-electron chi connectivity index (χ4n) is 2.03. The van der Waals surface area contributed by atoms with Crippen LogP contribution in [0, 0.1) is 13.8 Å². The lowest BCUT2D eigenvalue weighted by Gasteiger charge is -2.16. The molecule has 2 aromatic rings. The number of aromatic nitrogens is 1. The van der Waals surface area contributed by atoms with Crippen molar-refractivity contribution in [3.8, 4) is 0 Å². The van der Waals surface area contributed by atoms with Crippen LogP contribution in [0.25, 0.3) is 0 Å². The number of rotatable bonds is 4. The van der Waals surface area contributed by atoms with E-state index in [4.69, 9.17) is 5.11 Å². The van der Waals surface area contributed by atoms with Crippen molar-refractivity contribution in [2.45, 2.75) is 20.4 Å². The van der Waals surface area contributed by atoms with Gasteiger partial charge in [0.05, 0.1) is 17.1 Å². The van der Waals surface area contributed by atoms with E-state index in [9.17, 15) is 9.59 Å². The minimum Gasteiger partial charge on any atom is -0.478 e. The summed E-state index contributed by atoms with van der Waals surface area (Å²) in [7, 11) is 1.69. The number of carboxylic acid groups (broad SMARTS) is 1. The van der Waals surface area contributed by atoms with Gasteiger partial charge < -0.3 is 10.0 Å². The molecule has 1 amide bonds. The van der Waals surface area contributed by atoms with E-state index in [0.717, 1.165) is 15.4 Å². The Hall–Kier alpha value is -2.21. The molecule has 1 aromatic heterocycles. The summed E-state index contributed by atoms with van der Waals surface area (Å²) in [5, 5.41) is 10.0. The maximum atomic E-state index is 12.4. The molecule has 0 saturated heterocycles. The molecule has 0 aliphatic carbocycles. The van der Waals surface area contributed by atoms with E-state index < -0.39 is 5.97 Å². The molecule has 0 unspecified atom stereocenters.